The van der Waals surface area contributed by atoms with Gasteiger partial charge in [0.15, 0.2) is 5.82 Å². The van der Waals surface area contributed by atoms with Crippen LogP contribution in [0.2, 0.25) is 0 Å². The van der Waals surface area contributed by atoms with Gasteiger partial charge in [0.1, 0.15) is 6.61 Å². The van der Waals surface area contributed by atoms with E-state index in [2.05, 4.69) is 29.3 Å². The third-order valence-electron chi connectivity index (χ3n) is 3.78. The number of methoxy groups -OCH3 is 1. The Hall–Kier alpha value is -1.67. The van der Waals surface area contributed by atoms with Gasteiger partial charge in [-0.25, -0.2) is 4.79 Å². The number of likely N-dealkylation sites (tertiary alicyclic amines) is 1. The number of hydrogen-bond acceptors (Lipinski definition) is 6. The summed E-state index contributed by atoms with van der Waals surface area (Å²) in [5, 5.41) is 6.84. The molecular formula is C16H28N4O4. The number of ether oxygens (including phenoxy) is 2. The predicted octanol–water partition coefficient (Wildman–Crippen LogP) is 1.61. The average molecular weight is 340 g/mol. The zero-order valence-electron chi connectivity index (χ0n) is 14.8. The fourth-order valence-electron chi connectivity index (χ4n) is 2.55. The molecular weight excluding hydrogens is 312 g/mol. The third-order valence-corrected chi connectivity index (χ3v) is 3.78. The highest BCUT2D eigenvalue weighted by molar-refractivity contribution is 5.74. The molecule has 2 amide bonds. The number of hydrogen-bond donors (Lipinski definition) is 1. The van der Waals surface area contributed by atoms with Crippen molar-refractivity contribution < 1.29 is 18.8 Å². The van der Waals surface area contributed by atoms with E-state index < -0.39 is 0 Å². The molecule has 0 aliphatic carbocycles. The Bertz CT molecular complexity index is 506. The summed E-state index contributed by atoms with van der Waals surface area (Å²) in [6.07, 6.45) is 2.58. The Kier molecular flexibility index (Phi) is 7.45. The van der Waals surface area contributed by atoms with Crippen molar-refractivity contribution in [3.8, 4) is 0 Å². The molecule has 1 unspecified atom stereocenters. The second kappa shape index (κ2) is 9.58. The lowest BCUT2D eigenvalue weighted by atomic mass is 10.1. The first-order valence-electron chi connectivity index (χ1n) is 8.53. The van der Waals surface area contributed by atoms with E-state index in [1.165, 1.54) is 0 Å². The van der Waals surface area contributed by atoms with E-state index in [-0.39, 0.29) is 12.1 Å². The molecule has 2 rings (SSSR count). The van der Waals surface area contributed by atoms with Gasteiger partial charge in [-0.05, 0) is 18.8 Å². The predicted molar refractivity (Wildman–Crippen MR) is 87.5 cm³/mol. The van der Waals surface area contributed by atoms with Crippen molar-refractivity contribution >= 4 is 6.03 Å². The van der Waals surface area contributed by atoms with Gasteiger partial charge in [-0.15, -0.1) is 0 Å². The number of nitrogens with zero attached hydrogens (tertiary/aromatic N) is 3. The molecule has 8 nitrogen and oxygen atoms in total. The maximum atomic E-state index is 12.1. The summed E-state index contributed by atoms with van der Waals surface area (Å²) in [4.78, 5) is 18.2. The number of piperidine rings is 1. The zero-order valence-corrected chi connectivity index (χ0v) is 14.8. The van der Waals surface area contributed by atoms with Gasteiger partial charge in [-0.2, -0.15) is 4.98 Å². The highest BCUT2D eigenvalue weighted by Gasteiger charge is 2.24. The summed E-state index contributed by atoms with van der Waals surface area (Å²) in [6, 6.07) is -0.000578. The van der Waals surface area contributed by atoms with E-state index in [0.717, 1.165) is 19.4 Å². The third kappa shape index (κ3) is 6.09. The van der Waals surface area contributed by atoms with Gasteiger partial charge in [0.05, 0.1) is 12.7 Å². The lowest BCUT2D eigenvalue weighted by Gasteiger charge is -2.32. The smallest absolute Gasteiger partial charge is 0.317 e. The number of amides is 2. The number of rotatable bonds is 8. The first-order valence-corrected chi connectivity index (χ1v) is 8.53. The molecule has 1 saturated heterocycles. The van der Waals surface area contributed by atoms with Gasteiger partial charge in [0.25, 0.3) is 5.89 Å². The number of nitrogens with one attached hydrogen (secondary N) is 1. The second-order valence-electron chi connectivity index (χ2n) is 6.45. The fraction of sp³-hybridized carbons (Fsp3) is 0.812. The number of carbonyl (C=O) groups is 1. The molecule has 0 saturated carbocycles. The summed E-state index contributed by atoms with van der Waals surface area (Å²) in [5.74, 6) is 1.53. The molecule has 0 radical (unpaired) electrons. The summed E-state index contributed by atoms with van der Waals surface area (Å²) >= 11 is 0. The van der Waals surface area contributed by atoms with Gasteiger partial charge in [-0.1, -0.05) is 19.0 Å². The highest BCUT2D eigenvalue weighted by atomic mass is 16.5. The Morgan fingerprint density at radius 2 is 2.33 bits per heavy atom. The van der Waals surface area contributed by atoms with E-state index >= 15 is 0 Å². The second-order valence-corrected chi connectivity index (χ2v) is 6.45. The van der Waals surface area contributed by atoms with Crippen molar-refractivity contribution in [2.24, 2.45) is 5.92 Å². The summed E-state index contributed by atoms with van der Waals surface area (Å²) in [5.41, 5.74) is 0. The van der Waals surface area contributed by atoms with Crippen LogP contribution in [-0.4, -0.2) is 60.5 Å². The van der Waals surface area contributed by atoms with Crippen LogP contribution >= 0.6 is 0 Å². The molecule has 24 heavy (non-hydrogen) atoms. The maximum absolute atomic E-state index is 12.1. The Labute approximate surface area is 142 Å². The number of carbonyl (C=O) groups excluding carboxylic acids is 1. The lowest BCUT2D eigenvalue weighted by Crippen LogP contribution is -2.48. The molecule has 0 spiro atoms. The highest BCUT2D eigenvalue weighted by Crippen LogP contribution is 2.14. The van der Waals surface area contributed by atoms with Crippen LogP contribution in [0.4, 0.5) is 4.79 Å². The van der Waals surface area contributed by atoms with Crippen molar-refractivity contribution in [2.75, 3.05) is 33.4 Å². The monoisotopic (exact) mass is 340 g/mol. The fourth-order valence-corrected chi connectivity index (χ4v) is 2.55. The van der Waals surface area contributed by atoms with Gasteiger partial charge in [0, 0.05) is 33.2 Å². The SMILES string of the molecule is COCc1nc(CCOC2CCCN(C(=O)NCC(C)C)C2)no1. The molecule has 8 heteroatoms. The van der Waals surface area contributed by atoms with Crippen molar-refractivity contribution in [3.63, 3.8) is 0 Å². The molecule has 1 aromatic heterocycles. The largest absolute Gasteiger partial charge is 0.376 e. The van der Waals surface area contributed by atoms with E-state index in [0.29, 0.717) is 50.4 Å². The topological polar surface area (TPSA) is 89.7 Å². The quantitative estimate of drug-likeness (QED) is 0.773. The van der Waals surface area contributed by atoms with Crippen molar-refractivity contribution in [3.05, 3.63) is 11.7 Å². The van der Waals surface area contributed by atoms with E-state index in [1.54, 1.807) is 7.11 Å². The van der Waals surface area contributed by atoms with Crippen LogP contribution in [-0.2, 0) is 22.5 Å². The van der Waals surface area contributed by atoms with Crippen molar-refractivity contribution in [1.29, 1.82) is 0 Å². The molecule has 0 aromatic carbocycles. The van der Waals surface area contributed by atoms with Crippen molar-refractivity contribution in [1.82, 2.24) is 20.4 Å². The van der Waals surface area contributed by atoms with Gasteiger partial charge in [0.2, 0.25) is 0 Å². The lowest BCUT2D eigenvalue weighted by molar-refractivity contribution is 0.0105. The molecule has 2 heterocycles. The molecule has 0 bridgehead atoms. The minimum absolute atomic E-state index is 0.000578. The van der Waals surface area contributed by atoms with Crippen LogP contribution in [0, 0.1) is 5.92 Å². The van der Waals surface area contributed by atoms with Crippen LogP contribution in [0.15, 0.2) is 4.52 Å². The molecule has 1 aromatic rings. The van der Waals surface area contributed by atoms with Gasteiger partial charge in [-0.3, -0.25) is 0 Å². The summed E-state index contributed by atoms with van der Waals surface area (Å²) in [7, 11) is 1.58. The van der Waals surface area contributed by atoms with E-state index in [4.69, 9.17) is 14.0 Å². The minimum Gasteiger partial charge on any atom is -0.376 e. The molecule has 1 aliphatic heterocycles. The summed E-state index contributed by atoms with van der Waals surface area (Å²) in [6.45, 7) is 7.11. The van der Waals surface area contributed by atoms with Crippen LogP contribution in [0.3, 0.4) is 0 Å². The Morgan fingerprint density at radius 3 is 3.08 bits per heavy atom. The Balaban J connectivity index is 1.69. The molecule has 136 valence electrons. The van der Waals surface area contributed by atoms with Gasteiger partial charge < -0.3 is 24.2 Å². The van der Waals surface area contributed by atoms with Gasteiger partial charge >= 0.3 is 6.03 Å². The van der Waals surface area contributed by atoms with Crippen LogP contribution in [0.1, 0.15) is 38.4 Å². The molecule has 1 N–H and O–H groups in total. The van der Waals surface area contributed by atoms with E-state index in [9.17, 15) is 4.79 Å². The number of aromatic nitrogens is 2. The first kappa shape index (κ1) is 18.7. The molecule has 1 fully saturated rings. The minimum atomic E-state index is -0.000578. The molecule has 1 aliphatic rings. The average Bonchev–Trinajstić information content (AvgIpc) is 3.01. The van der Waals surface area contributed by atoms with Crippen LogP contribution in [0.25, 0.3) is 0 Å². The van der Waals surface area contributed by atoms with E-state index in [1.807, 2.05) is 4.90 Å². The first-order chi connectivity index (χ1) is 11.6. The van der Waals surface area contributed by atoms with Crippen LogP contribution < -0.4 is 5.32 Å². The maximum Gasteiger partial charge on any atom is 0.317 e. The summed E-state index contributed by atoms with van der Waals surface area (Å²) < 4.78 is 15.9. The standard InChI is InChI=1S/C16H28N4O4/c1-12(2)9-17-16(21)20-7-4-5-13(10-20)23-8-6-14-18-15(11-22-3)24-19-14/h12-13H,4-11H2,1-3H3,(H,17,21). The normalized spacial score (nSPS) is 18.2. The molecule has 1 atom stereocenters. The van der Waals surface area contributed by atoms with Crippen molar-refractivity contribution in [2.45, 2.75) is 45.8 Å². The number of urea groups is 1. The van der Waals surface area contributed by atoms with Crippen LogP contribution in [0.5, 0.6) is 0 Å². The Morgan fingerprint density at radius 1 is 1.50 bits per heavy atom. The zero-order chi connectivity index (χ0) is 17.4.